The van der Waals surface area contributed by atoms with Crippen molar-refractivity contribution in [3.05, 3.63) is 59.4 Å². The lowest BCUT2D eigenvalue weighted by atomic mass is 10.1. The van der Waals surface area contributed by atoms with Gasteiger partial charge in [-0.15, -0.1) is 0 Å². The molecule has 2 aromatic rings. The normalized spacial score (nSPS) is 9.65. The van der Waals surface area contributed by atoms with Gasteiger partial charge in [0.1, 0.15) is 6.07 Å². The topological polar surface area (TPSA) is 48.7 Å². The molecule has 2 rings (SSSR count). The molecule has 0 spiro atoms. The molecule has 84 valence electrons. The monoisotopic (exact) mass is 223 g/mol. The Morgan fingerprint density at radius 1 is 1.29 bits per heavy atom. The van der Waals surface area contributed by atoms with Crippen molar-refractivity contribution in [2.75, 3.05) is 5.32 Å². The molecule has 1 N–H and O–H groups in total. The number of pyridine rings is 1. The maximum Gasteiger partial charge on any atom is 0.101 e. The van der Waals surface area contributed by atoms with Gasteiger partial charge in [0.15, 0.2) is 0 Å². The highest BCUT2D eigenvalue weighted by atomic mass is 14.9. The molecular formula is C14H13N3. The Bertz CT molecular complexity index is 555. The van der Waals surface area contributed by atoms with E-state index in [0.29, 0.717) is 12.1 Å². The average Bonchev–Trinajstić information content (AvgIpc) is 2.38. The second-order valence-electron chi connectivity index (χ2n) is 3.81. The van der Waals surface area contributed by atoms with Crippen LogP contribution in [0.3, 0.4) is 0 Å². The molecule has 0 aliphatic heterocycles. The van der Waals surface area contributed by atoms with Crippen LogP contribution in [0, 0.1) is 18.3 Å². The van der Waals surface area contributed by atoms with Crippen LogP contribution in [0.25, 0.3) is 0 Å². The minimum Gasteiger partial charge on any atom is -0.380 e. The summed E-state index contributed by atoms with van der Waals surface area (Å²) in [5.41, 5.74) is 3.87. The zero-order valence-electron chi connectivity index (χ0n) is 9.64. The van der Waals surface area contributed by atoms with Crippen molar-refractivity contribution in [2.24, 2.45) is 0 Å². The van der Waals surface area contributed by atoms with Crippen molar-refractivity contribution in [3.8, 4) is 6.07 Å². The number of rotatable bonds is 3. The molecule has 0 saturated heterocycles. The van der Waals surface area contributed by atoms with E-state index in [0.717, 1.165) is 11.3 Å². The fraction of sp³-hybridized carbons (Fsp3) is 0.143. The standard InChI is InChI=1S/C14H13N3/c1-11-9-16-7-6-13(11)10-17-14-5-3-2-4-12(14)8-15/h2-7,9,17H,10H2,1H3. The number of aryl methyl sites for hydroxylation is 1. The van der Waals surface area contributed by atoms with E-state index < -0.39 is 0 Å². The number of para-hydroxylation sites is 1. The molecule has 0 bridgehead atoms. The van der Waals surface area contributed by atoms with Gasteiger partial charge in [-0.25, -0.2) is 0 Å². The molecule has 0 aliphatic carbocycles. The summed E-state index contributed by atoms with van der Waals surface area (Å²) in [4.78, 5) is 4.05. The number of benzene rings is 1. The predicted molar refractivity (Wildman–Crippen MR) is 67.5 cm³/mol. The van der Waals surface area contributed by atoms with Gasteiger partial charge in [-0.05, 0) is 36.2 Å². The fourth-order valence-electron chi connectivity index (χ4n) is 1.63. The van der Waals surface area contributed by atoms with E-state index in [2.05, 4.69) is 16.4 Å². The lowest BCUT2D eigenvalue weighted by molar-refractivity contribution is 1.09. The van der Waals surface area contributed by atoms with Crippen molar-refractivity contribution in [1.82, 2.24) is 4.98 Å². The molecule has 0 aliphatic rings. The third kappa shape index (κ3) is 2.61. The molecule has 0 saturated carbocycles. The number of hydrogen-bond acceptors (Lipinski definition) is 3. The maximum atomic E-state index is 8.97. The molecule has 0 unspecified atom stereocenters. The molecule has 0 amide bonds. The van der Waals surface area contributed by atoms with Crippen LogP contribution in [-0.4, -0.2) is 4.98 Å². The van der Waals surface area contributed by atoms with Crippen LogP contribution in [0.4, 0.5) is 5.69 Å². The van der Waals surface area contributed by atoms with Crippen molar-refractivity contribution in [1.29, 1.82) is 5.26 Å². The Morgan fingerprint density at radius 3 is 2.88 bits per heavy atom. The number of aromatic nitrogens is 1. The maximum absolute atomic E-state index is 8.97. The van der Waals surface area contributed by atoms with Gasteiger partial charge in [-0.2, -0.15) is 5.26 Å². The summed E-state index contributed by atoms with van der Waals surface area (Å²) in [5.74, 6) is 0. The van der Waals surface area contributed by atoms with Gasteiger partial charge in [0.05, 0.1) is 11.3 Å². The second kappa shape index (κ2) is 5.13. The largest absolute Gasteiger partial charge is 0.380 e. The van der Waals surface area contributed by atoms with E-state index in [9.17, 15) is 0 Å². The van der Waals surface area contributed by atoms with Gasteiger partial charge in [-0.3, -0.25) is 4.98 Å². The van der Waals surface area contributed by atoms with Gasteiger partial charge >= 0.3 is 0 Å². The first-order valence-corrected chi connectivity index (χ1v) is 5.44. The number of nitrogens with zero attached hydrogens (tertiary/aromatic N) is 2. The molecule has 3 heteroatoms. The lowest BCUT2D eigenvalue weighted by Gasteiger charge is -2.09. The number of nitrogens with one attached hydrogen (secondary N) is 1. The molecule has 3 nitrogen and oxygen atoms in total. The molecule has 0 fully saturated rings. The highest BCUT2D eigenvalue weighted by molar-refractivity contribution is 5.57. The Hall–Kier alpha value is -2.34. The van der Waals surface area contributed by atoms with Gasteiger partial charge in [0.2, 0.25) is 0 Å². The molecular weight excluding hydrogens is 210 g/mol. The summed E-state index contributed by atoms with van der Waals surface area (Å²) in [6.45, 7) is 2.73. The zero-order chi connectivity index (χ0) is 12.1. The third-order valence-corrected chi connectivity index (χ3v) is 2.65. The van der Waals surface area contributed by atoms with Crippen LogP contribution in [0.1, 0.15) is 16.7 Å². The first-order valence-electron chi connectivity index (χ1n) is 5.44. The van der Waals surface area contributed by atoms with E-state index in [1.54, 1.807) is 6.20 Å². The zero-order valence-corrected chi connectivity index (χ0v) is 9.64. The lowest BCUT2D eigenvalue weighted by Crippen LogP contribution is -2.02. The Labute approximate surface area is 101 Å². The van der Waals surface area contributed by atoms with Crippen LogP contribution in [0.15, 0.2) is 42.7 Å². The summed E-state index contributed by atoms with van der Waals surface area (Å²) < 4.78 is 0. The molecule has 17 heavy (non-hydrogen) atoms. The molecule has 1 aromatic carbocycles. The quantitative estimate of drug-likeness (QED) is 0.870. The van der Waals surface area contributed by atoms with Crippen LogP contribution >= 0.6 is 0 Å². The van der Waals surface area contributed by atoms with E-state index in [-0.39, 0.29) is 0 Å². The molecule has 0 radical (unpaired) electrons. The van der Waals surface area contributed by atoms with E-state index in [4.69, 9.17) is 5.26 Å². The molecule has 0 atom stereocenters. The SMILES string of the molecule is Cc1cnccc1CNc1ccccc1C#N. The van der Waals surface area contributed by atoms with Crippen LogP contribution < -0.4 is 5.32 Å². The third-order valence-electron chi connectivity index (χ3n) is 2.65. The van der Waals surface area contributed by atoms with Crippen molar-refractivity contribution >= 4 is 5.69 Å². The van der Waals surface area contributed by atoms with E-state index in [1.807, 2.05) is 43.5 Å². The smallest absolute Gasteiger partial charge is 0.101 e. The first kappa shape index (κ1) is 11.2. The summed E-state index contributed by atoms with van der Waals surface area (Å²) in [7, 11) is 0. The van der Waals surface area contributed by atoms with Crippen LogP contribution in [0.5, 0.6) is 0 Å². The van der Waals surface area contributed by atoms with Crippen molar-refractivity contribution < 1.29 is 0 Å². The minimum atomic E-state index is 0.666. The number of nitriles is 1. The Kier molecular flexibility index (Phi) is 3.37. The van der Waals surface area contributed by atoms with E-state index in [1.165, 1.54) is 5.56 Å². The van der Waals surface area contributed by atoms with Crippen molar-refractivity contribution in [2.45, 2.75) is 13.5 Å². The number of anilines is 1. The molecule has 1 aromatic heterocycles. The van der Waals surface area contributed by atoms with Gasteiger partial charge in [0, 0.05) is 18.9 Å². The fourth-order valence-corrected chi connectivity index (χ4v) is 1.63. The van der Waals surface area contributed by atoms with E-state index >= 15 is 0 Å². The number of hydrogen-bond donors (Lipinski definition) is 1. The summed E-state index contributed by atoms with van der Waals surface area (Å²) >= 11 is 0. The second-order valence-corrected chi connectivity index (χ2v) is 3.81. The molecule has 1 heterocycles. The summed E-state index contributed by atoms with van der Waals surface area (Å²) in [5, 5.41) is 12.2. The van der Waals surface area contributed by atoms with Gasteiger partial charge in [-0.1, -0.05) is 12.1 Å². The Morgan fingerprint density at radius 2 is 2.12 bits per heavy atom. The summed E-state index contributed by atoms with van der Waals surface area (Å²) in [6.07, 6.45) is 3.62. The van der Waals surface area contributed by atoms with Crippen LogP contribution in [-0.2, 0) is 6.54 Å². The predicted octanol–water partition coefficient (Wildman–Crippen LogP) is 2.87. The highest BCUT2D eigenvalue weighted by Crippen LogP contribution is 2.15. The average molecular weight is 223 g/mol. The van der Waals surface area contributed by atoms with Crippen molar-refractivity contribution in [3.63, 3.8) is 0 Å². The van der Waals surface area contributed by atoms with Crippen LogP contribution in [0.2, 0.25) is 0 Å². The Balaban J connectivity index is 2.13. The first-order chi connectivity index (χ1) is 8.31. The minimum absolute atomic E-state index is 0.666. The summed E-state index contributed by atoms with van der Waals surface area (Å²) in [6, 6.07) is 11.7. The van der Waals surface area contributed by atoms with Gasteiger partial charge in [0.25, 0.3) is 0 Å². The highest BCUT2D eigenvalue weighted by Gasteiger charge is 2.01. The van der Waals surface area contributed by atoms with Gasteiger partial charge < -0.3 is 5.32 Å².